The van der Waals surface area contributed by atoms with Crippen LogP contribution in [0.15, 0.2) is 30.6 Å². The van der Waals surface area contributed by atoms with E-state index in [4.69, 9.17) is 0 Å². The quantitative estimate of drug-likeness (QED) is 0.822. The first kappa shape index (κ1) is 15.2. The van der Waals surface area contributed by atoms with Crippen LogP contribution < -0.4 is 10.6 Å². The number of halogens is 2. The molecule has 2 aromatic rings. The molecule has 0 saturated heterocycles. The summed E-state index contributed by atoms with van der Waals surface area (Å²) in [6, 6.07) is 5.34. The maximum atomic E-state index is 13.1. The van der Waals surface area contributed by atoms with Crippen LogP contribution in [-0.2, 0) is 6.42 Å². The molecular weight excluding hydrogens is 274 g/mol. The summed E-state index contributed by atoms with van der Waals surface area (Å²) >= 11 is 0. The number of rotatable bonds is 7. The third-order valence-electron chi connectivity index (χ3n) is 2.87. The molecule has 0 radical (unpaired) electrons. The highest BCUT2D eigenvalue weighted by Gasteiger charge is 2.02. The minimum atomic E-state index is -0.557. The maximum Gasteiger partial charge on any atom is 0.131 e. The van der Waals surface area contributed by atoms with E-state index in [1.165, 1.54) is 18.5 Å². The van der Waals surface area contributed by atoms with Gasteiger partial charge in [0.2, 0.25) is 0 Å². The van der Waals surface area contributed by atoms with Gasteiger partial charge in [-0.2, -0.15) is 0 Å². The molecule has 0 fully saturated rings. The molecule has 0 bridgehead atoms. The van der Waals surface area contributed by atoms with Crippen LogP contribution in [0, 0.1) is 11.6 Å². The molecule has 6 heteroatoms. The number of nitrogens with one attached hydrogen (secondary N) is 2. The minimum Gasteiger partial charge on any atom is -0.370 e. The van der Waals surface area contributed by atoms with Gasteiger partial charge in [-0.15, -0.1) is 0 Å². The molecule has 2 rings (SSSR count). The number of nitrogens with zero attached hydrogens (tertiary/aromatic N) is 2. The molecule has 0 saturated carbocycles. The Kier molecular flexibility index (Phi) is 5.43. The van der Waals surface area contributed by atoms with E-state index < -0.39 is 11.6 Å². The van der Waals surface area contributed by atoms with Crippen molar-refractivity contribution >= 4 is 11.6 Å². The third kappa shape index (κ3) is 4.98. The van der Waals surface area contributed by atoms with E-state index >= 15 is 0 Å². The van der Waals surface area contributed by atoms with E-state index in [1.54, 1.807) is 0 Å². The predicted molar refractivity (Wildman–Crippen MR) is 79.4 cm³/mol. The smallest absolute Gasteiger partial charge is 0.131 e. The molecule has 0 amide bonds. The van der Waals surface area contributed by atoms with Crippen molar-refractivity contribution in [2.45, 2.75) is 19.8 Å². The Bertz CT molecular complexity index is 569. The lowest BCUT2D eigenvalue weighted by Crippen LogP contribution is -2.08. The van der Waals surface area contributed by atoms with Crippen LogP contribution in [0.3, 0.4) is 0 Å². The normalized spacial score (nSPS) is 10.4. The Morgan fingerprint density at radius 3 is 2.14 bits per heavy atom. The first-order valence-electron chi connectivity index (χ1n) is 6.92. The van der Waals surface area contributed by atoms with Crippen molar-refractivity contribution in [2.24, 2.45) is 0 Å². The lowest BCUT2D eigenvalue weighted by Gasteiger charge is -2.08. The molecule has 21 heavy (non-hydrogen) atoms. The van der Waals surface area contributed by atoms with Gasteiger partial charge in [0.15, 0.2) is 0 Å². The Morgan fingerprint density at radius 2 is 1.52 bits per heavy atom. The third-order valence-corrected chi connectivity index (χ3v) is 2.87. The number of benzene rings is 1. The summed E-state index contributed by atoms with van der Waals surface area (Å²) in [5, 5.41) is 6.28. The highest BCUT2D eigenvalue weighted by molar-refractivity contribution is 5.46. The summed E-state index contributed by atoms with van der Waals surface area (Å²) in [5.41, 5.74) is 0.610. The van der Waals surface area contributed by atoms with Crippen LogP contribution in [0.25, 0.3) is 0 Å². The second kappa shape index (κ2) is 7.52. The van der Waals surface area contributed by atoms with Gasteiger partial charge in [-0.3, -0.25) is 0 Å². The fourth-order valence-electron chi connectivity index (χ4n) is 1.89. The van der Waals surface area contributed by atoms with E-state index in [9.17, 15) is 8.78 Å². The summed E-state index contributed by atoms with van der Waals surface area (Å²) in [4.78, 5) is 8.21. The van der Waals surface area contributed by atoms with Gasteiger partial charge in [0.05, 0.1) is 0 Å². The number of hydrogen-bond donors (Lipinski definition) is 2. The zero-order chi connectivity index (χ0) is 15.1. The van der Waals surface area contributed by atoms with Crippen molar-refractivity contribution < 1.29 is 8.78 Å². The minimum absolute atomic E-state index is 0.510. The fourth-order valence-corrected chi connectivity index (χ4v) is 1.89. The summed E-state index contributed by atoms with van der Waals surface area (Å²) < 4.78 is 26.1. The largest absolute Gasteiger partial charge is 0.370 e. The molecule has 0 unspecified atom stereocenters. The summed E-state index contributed by atoms with van der Waals surface area (Å²) in [5.74, 6) is 0.322. The molecule has 4 nitrogen and oxygen atoms in total. The van der Waals surface area contributed by atoms with E-state index in [0.29, 0.717) is 24.3 Å². The van der Waals surface area contributed by atoms with Gasteiger partial charge in [-0.25, -0.2) is 18.7 Å². The van der Waals surface area contributed by atoms with Crippen LogP contribution in [0.5, 0.6) is 0 Å². The second-order valence-electron chi connectivity index (χ2n) is 4.67. The highest BCUT2D eigenvalue weighted by atomic mass is 19.1. The monoisotopic (exact) mass is 292 g/mol. The van der Waals surface area contributed by atoms with Gasteiger partial charge in [0.25, 0.3) is 0 Å². The standard InChI is InChI=1S/C15H18F2N4/c1-2-4-18-14-9-15(21-10-20-14)19-5-3-11-6-12(16)8-13(17)7-11/h6-10H,2-5H2,1H3,(H2,18,19,20,21). The lowest BCUT2D eigenvalue weighted by atomic mass is 10.1. The predicted octanol–water partition coefficient (Wildman–Crippen LogP) is 3.23. The highest BCUT2D eigenvalue weighted by Crippen LogP contribution is 2.11. The van der Waals surface area contributed by atoms with Gasteiger partial charge in [0, 0.05) is 25.2 Å². The van der Waals surface area contributed by atoms with Crippen molar-refractivity contribution in [2.75, 3.05) is 23.7 Å². The fraction of sp³-hybridized carbons (Fsp3) is 0.333. The number of hydrogen-bond acceptors (Lipinski definition) is 4. The molecular formula is C15H18F2N4. The Morgan fingerprint density at radius 1 is 0.905 bits per heavy atom. The van der Waals surface area contributed by atoms with E-state index in [0.717, 1.165) is 24.8 Å². The molecule has 1 aromatic carbocycles. The topological polar surface area (TPSA) is 49.8 Å². The van der Waals surface area contributed by atoms with Crippen LogP contribution in [0.2, 0.25) is 0 Å². The van der Waals surface area contributed by atoms with Crippen LogP contribution in [0.1, 0.15) is 18.9 Å². The first-order valence-corrected chi connectivity index (χ1v) is 6.92. The van der Waals surface area contributed by atoms with Gasteiger partial charge < -0.3 is 10.6 Å². The number of aromatic nitrogens is 2. The molecule has 0 spiro atoms. The zero-order valence-electron chi connectivity index (χ0n) is 11.9. The summed E-state index contributed by atoms with van der Waals surface area (Å²) in [7, 11) is 0. The van der Waals surface area contributed by atoms with Crippen LogP contribution in [0.4, 0.5) is 20.4 Å². The zero-order valence-corrected chi connectivity index (χ0v) is 11.9. The molecule has 0 aliphatic heterocycles. The Labute approximate surface area is 122 Å². The van der Waals surface area contributed by atoms with Crippen molar-refractivity contribution in [3.63, 3.8) is 0 Å². The second-order valence-corrected chi connectivity index (χ2v) is 4.67. The molecule has 0 aliphatic carbocycles. The SMILES string of the molecule is CCCNc1cc(NCCc2cc(F)cc(F)c2)ncn1. The van der Waals surface area contributed by atoms with Gasteiger partial charge in [-0.1, -0.05) is 6.92 Å². The van der Waals surface area contributed by atoms with E-state index in [-0.39, 0.29) is 0 Å². The van der Waals surface area contributed by atoms with Crippen molar-refractivity contribution in [1.82, 2.24) is 9.97 Å². The number of anilines is 2. The molecule has 1 heterocycles. The maximum absolute atomic E-state index is 13.1. The summed E-state index contributed by atoms with van der Waals surface area (Å²) in [6.45, 7) is 3.46. The molecule has 112 valence electrons. The van der Waals surface area contributed by atoms with Crippen LogP contribution >= 0.6 is 0 Å². The molecule has 0 atom stereocenters. The average Bonchev–Trinajstić information content (AvgIpc) is 2.44. The molecule has 1 aromatic heterocycles. The lowest BCUT2D eigenvalue weighted by molar-refractivity contribution is 0.580. The van der Waals surface area contributed by atoms with E-state index in [1.807, 2.05) is 6.07 Å². The van der Waals surface area contributed by atoms with Gasteiger partial charge in [0.1, 0.15) is 29.6 Å². The van der Waals surface area contributed by atoms with Gasteiger partial charge in [-0.05, 0) is 30.5 Å². The summed E-state index contributed by atoms with van der Waals surface area (Å²) in [6.07, 6.45) is 3.00. The first-order chi connectivity index (χ1) is 10.2. The molecule has 0 aliphatic rings. The average molecular weight is 292 g/mol. The van der Waals surface area contributed by atoms with Crippen LogP contribution in [-0.4, -0.2) is 23.1 Å². The van der Waals surface area contributed by atoms with Crippen molar-refractivity contribution in [3.8, 4) is 0 Å². The van der Waals surface area contributed by atoms with Crippen molar-refractivity contribution in [1.29, 1.82) is 0 Å². The molecule has 2 N–H and O–H groups in total. The Balaban J connectivity index is 1.88. The van der Waals surface area contributed by atoms with E-state index in [2.05, 4.69) is 27.5 Å². The van der Waals surface area contributed by atoms with Crippen molar-refractivity contribution in [3.05, 3.63) is 47.8 Å². The van der Waals surface area contributed by atoms with Gasteiger partial charge >= 0.3 is 0 Å². The Hall–Kier alpha value is -2.24.